The fraction of sp³-hybridized carbons (Fsp3) is 0.571. The number of alkyl halides is 2. The smallest absolute Gasteiger partial charge is 0.197 e. The van der Waals surface area contributed by atoms with Crippen LogP contribution in [0, 0.1) is 0 Å². The maximum absolute atomic E-state index is 10.9. The van der Waals surface area contributed by atoms with Crippen molar-refractivity contribution in [3.05, 3.63) is 11.3 Å². The van der Waals surface area contributed by atoms with Crippen LogP contribution in [0.25, 0.3) is 0 Å². The van der Waals surface area contributed by atoms with Gasteiger partial charge in [0.05, 0.1) is 8.07 Å². The number of allylic oxidation sites excluding steroid dienone is 2. The van der Waals surface area contributed by atoms with Crippen LogP contribution in [-0.4, -0.2) is 18.2 Å². The molecule has 0 atom stereocenters. The van der Waals surface area contributed by atoms with Crippen molar-refractivity contribution in [2.45, 2.75) is 24.0 Å². The van der Waals surface area contributed by atoms with E-state index in [1.54, 1.807) is 6.08 Å². The Morgan fingerprint density at radius 1 is 1.36 bits per heavy atom. The van der Waals surface area contributed by atoms with Crippen molar-refractivity contribution in [3.8, 4) is 0 Å². The summed E-state index contributed by atoms with van der Waals surface area (Å²) in [5, 5.41) is 0.943. The molecule has 0 aliphatic heterocycles. The largest absolute Gasteiger partial charge is 0.291 e. The Morgan fingerprint density at radius 2 is 1.82 bits per heavy atom. The number of ketones is 1. The average molecular weight is 209 g/mol. The van der Waals surface area contributed by atoms with E-state index in [0.29, 0.717) is 0 Å². The highest BCUT2D eigenvalue weighted by Gasteiger charge is 2.49. The lowest BCUT2D eigenvalue weighted by molar-refractivity contribution is -0.115. The van der Waals surface area contributed by atoms with Gasteiger partial charge in [-0.05, 0) is 11.3 Å². The van der Waals surface area contributed by atoms with Crippen LogP contribution in [0.5, 0.6) is 0 Å². The molecule has 0 fully saturated rings. The molecule has 0 aromatic carbocycles. The second kappa shape index (κ2) is 2.35. The van der Waals surface area contributed by atoms with E-state index in [4.69, 9.17) is 23.2 Å². The minimum atomic E-state index is -1.47. The first kappa shape index (κ1) is 9.30. The topological polar surface area (TPSA) is 17.1 Å². The van der Waals surface area contributed by atoms with Crippen LogP contribution in [0.2, 0.25) is 19.6 Å². The fourth-order valence-corrected chi connectivity index (χ4v) is 4.60. The minimum Gasteiger partial charge on any atom is -0.291 e. The molecule has 1 nitrogen and oxygen atoms in total. The molecule has 0 aromatic rings. The maximum Gasteiger partial charge on any atom is 0.197 e. The van der Waals surface area contributed by atoms with Crippen LogP contribution in [0.15, 0.2) is 11.3 Å². The lowest BCUT2D eigenvalue weighted by Crippen LogP contribution is -2.47. The molecule has 0 N–H and O–H groups in total. The molecule has 1 rings (SSSR count). The molecule has 11 heavy (non-hydrogen) atoms. The molecule has 0 heterocycles. The van der Waals surface area contributed by atoms with Gasteiger partial charge in [0.25, 0.3) is 0 Å². The van der Waals surface area contributed by atoms with E-state index in [1.807, 2.05) is 0 Å². The van der Waals surface area contributed by atoms with Crippen molar-refractivity contribution >= 4 is 37.1 Å². The first-order valence-corrected chi connectivity index (χ1v) is 7.67. The number of rotatable bonds is 1. The fourth-order valence-electron chi connectivity index (χ4n) is 1.05. The quantitative estimate of drug-likeness (QED) is 0.479. The van der Waals surface area contributed by atoms with Crippen molar-refractivity contribution in [3.63, 3.8) is 0 Å². The van der Waals surface area contributed by atoms with Crippen molar-refractivity contribution in [1.82, 2.24) is 0 Å². The predicted octanol–water partition coefficient (Wildman–Crippen LogP) is 2.55. The van der Waals surface area contributed by atoms with Crippen LogP contribution in [-0.2, 0) is 4.79 Å². The summed E-state index contributed by atoms with van der Waals surface area (Å²) in [5.41, 5.74) is 0. The second-order valence-corrected chi connectivity index (χ2v) is 10.1. The van der Waals surface area contributed by atoms with Crippen LogP contribution in [0.1, 0.15) is 0 Å². The Morgan fingerprint density at radius 3 is 1.91 bits per heavy atom. The van der Waals surface area contributed by atoms with Gasteiger partial charge in [-0.2, -0.15) is 0 Å². The Hall–Kier alpha value is 0.207. The molecule has 0 amide bonds. The zero-order chi connectivity index (χ0) is 8.86. The van der Waals surface area contributed by atoms with Gasteiger partial charge in [0, 0.05) is 0 Å². The lowest BCUT2D eigenvalue weighted by atomic mass is 10.1. The molecular weight excluding hydrogens is 199 g/mol. The predicted molar refractivity (Wildman–Crippen MR) is 50.9 cm³/mol. The second-order valence-electron chi connectivity index (χ2n) is 3.75. The molecule has 62 valence electrons. The lowest BCUT2D eigenvalue weighted by Gasteiger charge is -2.36. The highest BCUT2D eigenvalue weighted by molar-refractivity contribution is 6.89. The van der Waals surface area contributed by atoms with Gasteiger partial charge in [-0.15, -0.1) is 0 Å². The molecule has 1 aliphatic rings. The van der Waals surface area contributed by atoms with Gasteiger partial charge in [-0.3, -0.25) is 4.79 Å². The van der Waals surface area contributed by atoms with Gasteiger partial charge in [0.1, 0.15) is 0 Å². The Labute approximate surface area is 77.4 Å². The molecule has 4 heteroatoms. The SMILES string of the molecule is C[Si](C)(C)C1=CC(=O)C1(Cl)Cl. The normalized spacial score (nSPS) is 22.6. The number of halogens is 2. The van der Waals surface area contributed by atoms with Gasteiger partial charge in [-0.1, -0.05) is 42.8 Å². The zero-order valence-electron chi connectivity index (χ0n) is 6.74. The van der Waals surface area contributed by atoms with E-state index < -0.39 is 12.4 Å². The summed E-state index contributed by atoms with van der Waals surface area (Å²) in [6.45, 7) is 6.35. The van der Waals surface area contributed by atoms with E-state index in [9.17, 15) is 4.79 Å². The van der Waals surface area contributed by atoms with E-state index >= 15 is 0 Å². The number of carbonyl (C=O) groups is 1. The van der Waals surface area contributed by atoms with Crippen LogP contribution < -0.4 is 0 Å². The molecule has 0 saturated heterocycles. The molecule has 1 aliphatic carbocycles. The van der Waals surface area contributed by atoms with Gasteiger partial charge >= 0.3 is 0 Å². The number of carbonyl (C=O) groups excluding carboxylic acids is 1. The molecule has 0 aromatic heterocycles. The third kappa shape index (κ3) is 1.39. The number of hydrogen-bond acceptors (Lipinski definition) is 1. The summed E-state index contributed by atoms with van der Waals surface area (Å²) in [7, 11) is -1.47. The molecule has 0 bridgehead atoms. The van der Waals surface area contributed by atoms with Crippen molar-refractivity contribution in [2.24, 2.45) is 0 Å². The summed E-state index contributed by atoms with van der Waals surface area (Å²) in [6.07, 6.45) is 1.58. The highest BCUT2D eigenvalue weighted by atomic mass is 35.5. The van der Waals surface area contributed by atoms with Gasteiger partial charge in [-0.25, -0.2) is 0 Å². The number of hydrogen-bond donors (Lipinski definition) is 0. The van der Waals surface area contributed by atoms with Crippen LogP contribution in [0.4, 0.5) is 0 Å². The Bertz CT molecular complexity index is 237. The first-order valence-electron chi connectivity index (χ1n) is 3.41. The molecule has 0 saturated carbocycles. The van der Waals surface area contributed by atoms with Crippen molar-refractivity contribution in [1.29, 1.82) is 0 Å². The van der Waals surface area contributed by atoms with Gasteiger partial charge < -0.3 is 0 Å². The van der Waals surface area contributed by atoms with E-state index in [1.165, 1.54) is 0 Å². The summed E-state index contributed by atoms with van der Waals surface area (Å²) < 4.78 is -1.19. The first-order chi connectivity index (χ1) is 4.76. The Kier molecular flexibility index (Phi) is 1.98. The van der Waals surface area contributed by atoms with Gasteiger partial charge in [0.2, 0.25) is 0 Å². The van der Waals surface area contributed by atoms with E-state index in [0.717, 1.165) is 5.20 Å². The summed E-state index contributed by atoms with van der Waals surface area (Å²) in [5.74, 6) is -0.168. The van der Waals surface area contributed by atoms with E-state index in [-0.39, 0.29) is 5.78 Å². The van der Waals surface area contributed by atoms with E-state index in [2.05, 4.69) is 19.6 Å². The summed E-state index contributed by atoms with van der Waals surface area (Å²) >= 11 is 11.6. The monoisotopic (exact) mass is 208 g/mol. The standard InChI is InChI=1S/C7H10Cl2OSi/c1-11(2,3)6-4-5(10)7(6,8)9/h4H,1-3H3. The van der Waals surface area contributed by atoms with Crippen LogP contribution >= 0.6 is 23.2 Å². The average Bonchev–Trinajstić information content (AvgIpc) is 1.80. The molecule has 0 radical (unpaired) electrons. The summed E-state index contributed by atoms with van der Waals surface area (Å²) in [6, 6.07) is 0. The molecule has 0 spiro atoms. The Balaban J connectivity index is 2.97. The molecular formula is C7H10Cl2OSi. The van der Waals surface area contributed by atoms with Crippen molar-refractivity contribution < 1.29 is 4.79 Å². The minimum absolute atomic E-state index is 0.168. The van der Waals surface area contributed by atoms with Crippen molar-refractivity contribution in [2.75, 3.05) is 0 Å². The third-order valence-corrected chi connectivity index (χ3v) is 4.96. The molecule has 0 unspecified atom stereocenters. The third-order valence-electron chi connectivity index (χ3n) is 1.73. The zero-order valence-corrected chi connectivity index (χ0v) is 9.25. The highest BCUT2D eigenvalue weighted by Crippen LogP contribution is 2.43. The van der Waals surface area contributed by atoms with Gasteiger partial charge in [0.15, 0.2) is 10.1 Å². The maximum atomic E-state index is 10.9. The summed E-state index contributed by atoms with van der Waals surface area (Å²) in [4.78, 5) is 10.9. The van der Waals surface area contributed by atoms with Crippen LogP contribution in [0.3, 0.4) is 0 Å².